The van der Waals surface area contributed by atoms with Crippen LogP contribution in [-0.2, 0) is 4.79 Å². The Bertz CT molecular complexity index is 539. The Kier molecular flexibility index (Phi) is 3.95. The summed E-state index contributed by atoms with van der Waals surface area (Å²) in [6.07, 6.45) is 0.506. The molecule has 0 fully saturated rings. The lowest BCUT2D eigenvalue weighted by molar-refractivity contribution is -0.384. The molecule has 0 aliphatic carbocycles. The number of carbonyl (C=O) groups is 2. The molecule has 0 bridgehead atoms. The maximum Gasteiger partial charge on any atom is 0.336 e. The smallest absolute Gasteiger partial charge is 0.336 e. The number of hydrogen-bond donors (Lipinski definition) is 1. The van der Waals surface area contributed by atoms with E-state index < -0.39 is 10.9 Å². The van der Waals surface area contributed by atoms with Gasteiger partial charge in [-0.05, 0) is 6.07 Å². The fourth-order valence-electron chi connectivity index (χ4n) is 1.12. The van der Waals surface area contributed by atoms with Crippen molar-refractivity contribution in [1.82, 2.24) is 0 Å². The van der Waals surface area contributed by atoms with Gasteiger partial charge in [0.05, 0.1) is 16.9 Å². The van der Waals surface area contributed by atoms with E-state index >= 15 is 0 Å². The van der Waals surface area contributed by atoms with Gasteiger partial charge in [0.15, 0.2) is 0 Å². The highest BCUT2D eigenvalue weighted by Crippen LogP contribution is 2.17. The number of aldehydes is 1. The highest BCUT2D eigenvalue weighted by atomic mass is 16.6. The Hall–Kier alpha value is -2.68. The van der Waals surface area contributed by atoms with Gasteiger partial charge >= 0.3 is 5.97 Å². The first-order chi connectivity index (χ1) is 8.06. The van der Waals surface area contributed by atoms with Gasteiger partial charge < -0.3 is 9.90 Å². The number of hydrogen-bond acceptors (Lipinski definition) is 4. The van der Waals surface area contributed by atoms with Crippen molar-refractivity contribution in [2.75, 3.05) is 0 Å². The molecule has 1 aromatic carbocycles. The average molecular weight is 233 g/mol. The van der Waals surface area contributed by atoms with E-state index in [9.17, 15) is 19.7 Å². The zero-order valence-corrected chi connectivity index (χ0v) is 8.54. The molecule has 0 aliphatic heterocycles. The minimum absolute atomic E-state index is 0.0218. The summed E-state index contributed by atoms with van der Waals surface area (Å²) >= 11 is 0. The third-order valence-electron chi connectivity index (χ3n) is 1.85. The van der Waals surface area contributed by atoms with Crippen LogP contribution in [0.2, 0.25) is 0 Å². The van der Waals surface area contributed by atoms with E-state index in [-0.39, 0.29) is 23.2 Å². The first-order valence-corrected chi connectivity index (χ1v) is 4.50. The van der Waals surface area contributed by atoms with Crippen LogP contribution in [0.5, 0.6) is 0 Å². The number of carbonyl (C=O) groups excluding carboxylic acids is 1. The van der Waals surface area contributed by atoms with Crippen LogP contribution in [0.4, 0.5) is 5.69 Å². The molecule has 6 nitrogen and oxygen atoms in total. The van der Waals surface area contributed by atoms with E-state index in [1.54, 1.807) is 0 Å². The number of benzene rings is 1. The van der Waals surface area contributed by atoms with Crippen molar-refractivity contribution >= 4 is 17.9 Å². The summed E-state index contributed by atoms with van der Waals surface area (Å²) in [6, 6.07) is 3.28. The molecule has 0 spiro atoms. The van der Waals surface area contributed by atoms with E-state index in [1.165, 1.54) is 0 Å². The third kappa shape index (κ3) is 3.14. The summed E-state index contributed by atoms with van der Waals surface area (Å²) in [7, 11) is 0. The molecule has 0 atom stereocenters. The minimum atomic E-state index is -1.23. The summed E-state index contributed by atoms with van der Waals surface area (Å²) in [5.74, 6) is 3.61. The van der Waals surface area contributed by atoms with E-state index in [1.807, 2.05) is 0 Å². The normalized spacial score (nSPS) is 8.94. The van der Waals surface area contributed by atoms with Crippen molar-refractivity contribution in [3.05, 3.63) is 39.4 Å². The van der Waals surface area contributed by atoms with Gasteiger partial charge in [0.2, 0.25) is 0 Å². The number of nitrogens with zero attached hydrogens (tertiary/aromatic N) is 1. The van der Waals surface area contributed by atoms with Crippen molar-refractivity contribution in [3.63, 3.8) is 0 Å². The Labute approximate surface area is 96.0 Å². The highest BCUT2D eigenvalue weighted by Gasteiger charge is 2.13. The van der Waals surface area contributed by atoms with Gasteiger partial charge in [-0.15, -0.1) is 0 Å². The fraction of sp³-hybridized carbons (Fsp3) is 0.0909. The number of carboxylic acid groups (broad SMARTS) is 1. The lowest BCUT2D eigenvalue weighted by Crippen LogP contribution is -2.01. The zero-order valence-electron chi connectivity index (χ0n) is 8.54. The van der Waals surface area contributed by atoms with E-state index in [4.69, 9.17) is 5.11 Å². The fourth-order valence-corrected chi connectivity index (χ4v) is 1.12. The summed E-state index contributed by atoms with van der Waals surface area (Å²) < 4.78 is 0. The van der Waals surface area contributed by atoms with Gasteiger partial charge in [-0.2, -0.15) is 0 Å². The van der Waals surface area contributed by atoms with Crippen LogP contribution >= 0.6 is 0 Å². The minimum Gasteiger partial charge on any atom is -0.478 e. The van der Waals surface area contributed by atoms with E-state index in [0.717, 1.165) is 18.2 Å². The highest BCUT2D eigenvalue weighted by molar-refractivity contribution is 5.91. The Morgan fingerprint density at radius 2 is 2.24 bits per heavy atom. The number of aromatic carboxylic acids is 1. The SMILES string of the molecule is O=CCC#Cc1cc([N+](=O)[O-])ccc1C(=O)O. The van der Waals surface area contributed by atoms with Crippen LogP contribution in [-0.4, -0.2) is 22.3 Å². The largest absolute Gasteiger partial charge is 0.478 e. The van der Waals surface area contributed by atoms with Crippen molar-refractivity contribution in [2.24, 2.45) is 0 Å². The summed E-state index contributed by atoms with van der Waals surface area (Å²) in [5, 5.41) is 19.4. The van der Waals surface area contributed by atoms with Crippen LogP contribution in [0, 0.1) is 22.0 Å². The number of carboxylic acids is 1. The molecule has 1 rings (SSSR count). The second-order valence-corrected chi connectivity index (χ2v) is 2.96. The Balaban J connectivity index is 3.26. The van der Waals surface area contributed by atoms with Crippen LogP contribution in [0.15, 0.2) is 18.2 Å². The van der Waals surface area contributed by atoms with E-state index in [2.05, 4.69) is 11.8 Å². The molecule has 0 aliphatic rings. The molecule has 0 radical (unpaired) electrons. The topological polar surface area (TPSA) is 97.5 Å². The molecule has 0 saturated heterocycles. The quantitative estimate of drug-likeness (QED) is 0.366. The maximum absolute atomic E-state index is 10.8. The Morgan fingerprint density at radius 3 is 2.76 bits per heavy atom. The number of rotatable bonds is 3. The van der Waals surface area contributed by atoms with Gasteiger partial charge in [0.25, 0.3) is 5.69 Å². The lowest BCUT2D eigenvalue weighted by atomic mass is 10.1. The first-order valence-electron chi connectivity index (χ1n) is 4.50. The Morgan fingerprint density at radius 1 is 1.53 bits per heavy atom. The molecule has 0 unspecified atom stereocenters. The maximum atomic E-state index is 10.8. The molecule has 1 aromatic rings. The van der Waals surface area contributed by atoms with E-state index in [0.29, 0.717) is 6.29 Å². The summed E-state index contributed by atoms with van der Waals surface area (Å²) in [4.78, 5) is 30.8. The molecular formula is C11H7NO5. The number of non-ortho nitro benzene ring substituents is 1. The van der Waals surface area contributed by atoms with Gasteiger partial charge in [0.1, 0.15) is 6.29 Å². The van der Waals surface area contributed by atoms with Gasteiger partial charge in [-0.3, -0.25) is 10.1 Å². The number of nitro groups is 1. The second-order valence-electron chi connectivity index (χ2n) is 2.96. The predicted molar refractivity (Wildman–Crippen MR) is 57.6 cm³/mol. The van der Waals surface area contributed by atoms with Crippen molar-refractivity contribution in [1.29, 1.82) is 0 Å². The molecule has 0 amide bonds. The lowest BCUT2D eigenvalue weighted by Gasteiger charge is -1.98. The van der Waals surface area contributed by atoms with Crippen molar-refractivity contribution in [3.8, 4) is 11.8 Å². The van der Waals surface area contributed by atoms with Gasteiger partial charge in [-0.1, -0.05) is 11.8 Å². The summed E-state index contributed by atoms with van der Waals surface area (Å²) in [5.41, 5.74) is -0.354. The van der Waals surface area contributed by atoms with Crippen molar-refractivity contribution < 1.29 is 19.6 Å². The van der Waals surface area contributed by atoms with Gasteiger partial charge in [0, 0.05) is 17.7 Å². The summed E-state index contributed by atoms with van der Waals surface area (Å²) in [6.45, 7) is 0. The molecule has 0 aromatic heterocycles. The van der Waals surface area contributed by atoms with Crippen molar-refractivity contribution in [2.45, 2.75) is 6.42 Å². The standard InChI is InChI=1S/C11H7NO5/c13-6-2-1-3-8-7-9(12(16)17)4-5-10(8)11(14)15/h4-7H,2H2,(H,14,15). The third-order valence-corrected chi connectivity index (χ3v) is 1.85. The molecule has 0 saturated carbocycles. The molecule has 6 heteroatoms. The monoisotopic (exact) mass is 233 g/mol. The average Bonchev–Trinajstić information content (AvgIpc) is 2.28. The van der Waals surface area contributed by atoms with Crippen LogP contribution < -0.4 is 0 Å². The second kappa shape index (κ2) is 5.42. The van der Waals surface area contributed by atoms with Crippen LogP contribution in [0.25, 0.3) is 0 Å². The van der Waals surface area contributed by atoms with Crippen LogP contribution in [0.1, 0.15) is 22.3 Å². The zero-order chi connectivity index (χ0) is 12.8. The first kappa shape index (κ1) is 12.4. The molecular weight excluding hydrogens is 226 g/mol. The number of nitro benzene ring substituents is 1. The molecule has 0 heterocycles. The molecule has 17 heavy (non-hydrogen) atoms. The molecule has 1 N–H and O–H groups in total. The predicted octanol–water partition coefficient (Wildman–Crippen LogP) is 1.23. The van der Waals surface area contributed by atoms with Crippen LogP contribution in [0.3, 0.4) is 0 Å². The molecule has 86 valence electrons. The van der Waals surface area contributed by atoms with Gasteiger partial charge in [-0.25, -0.2) is 4.79 Å².